The standard InChI is InChI=1S/C13H21N3O/c1-10-5-7-16(8-6-10)13-4-2-3-11(15-13)12(17)9-14/h2-4,10,12,17H,5-9,14H2,1H3. The molecule has 94 valence electrons. The number of hydrogen-bond acceptors (Lipinski definition) is 4. The second-order valence-corrected chi connectivity index (χ2v) is 4.84. The zero-order valence-electron chi connectivity index (χ0n) is 10.3. The van der Waals surface area contributed by atoms with E-state index in [4.69, 9.17) is 5.73 Å². The maximum atomic E-state index is 9.69. The Kier molecular flexibility index (Phi) is 3.97. The molecule has 1 aromatic heterocycles. The summed E-state index contributed by atoms with van der Waals surface area (Å²) >= 11 is 0. The minimum absolute atomic E-state index is 0.216. The Morgan fingerprint density at radius 2 is 2.18 bits per heavy atom. The van der Waals surface area contributed by atoms with Gasteiger partial charge in [-0.25, -0.2) is 4.98 Å². The second kappa shape index (κ2) is 5.47. The second-order valence-electron chi connectivity index (χ2n) is 4.84. The molecule has 1 fully saturated rings. The highest BCUT2D eigenvalue weighted by atomic mass is 16.3. The van der Waals surface area contributed by atoms with Gasteiger partial charge in [0.15, 0.2) is 0 Å². The van der Waals surface area contributed by atoms with Crippen molar-refractivity contribution in [3.63, 3.8) is 0 Å². The predicted octanol–water partition coefficient (Wildman–Crippen LogP) is 1.31. The lowest BCUT2D eigenvalue weighted by Gasteiger charge is -2.31. The van der Waals surface area contributed by atoms with E-state index in [9.17, 15) is 5.11 Å². The van der Waals surface area contributed by atoms with Gasteiger partial charge in [-0.1, -0.05) is 13.0 Å². The van der Waals surface area contributed by atoms with Gasteiger partial charge in [-0.2, -0.15) is 0 Å². The fourth-order valence-electron chi connectivity index (χ4n) is 2.16. The number of anilines is 1. The molecule has 4 heteroatoms. The fraction of sp³-hybridized carbons (Fsp3) is 0.615. The van der Waals surface area contributed by atoms with Crippen LogP contribution in [0.1, 0.15) is 31.6 Å². The van der Waals surface area contributed by atoms with E-state index >= 15 is 0 Å². The van der Waals surface area contributed by atoms with Crippen molar-refractivity contribution in [2.24, 2.45) is 11.7 Å². The van der Waals surface area contributed by atoms with Crippen molar-refractivity contribution < 1.29 is 5.11 Å². The number of piperidine rings is 1. The molecule has 0 radical (unpaired) electrons. The molecular weight excluding hydrogens is 214 g/mol. The Morgan fingerprint density at radius 1 is 1.47 bits per heavy atom. The zero-order chi connectivity index (χ0) is 12.3. The topological polar surface area (TPSA) is 62.4 Å². The van der Waals surface area contributed by atoms with Gasteiger partial charge in [0, 0.05) is 19.6 Å². The lowest BCUT2D eigenvalue weighted by atomic mass is 9.99. The van der Waals surface area contributed by atoms with Gasteiger partial charge in [0.1, 0.15) is 11.9 Å². The molecule has 2 heterocycles. The number of nitrogens with two attached hydrogens (primary N) is 1. The highest BCUT2D eigenvalue weighted by molar-refractivity contribution is 5.40. The summed E-state index contributed by atoms with van der Waals surface area (Å²) in [5, 5.41) is 9.69. The number of aromatic nitrogens is 1. The van der Waals surface area contributed by atoms with Gasteiger partial charge in [-0.3, -0.25) is 0 Å². The van der Waals surface area contributed by atoms with Crippen LogP contribution in [0.5, 0.6) is 0 Å². The van der Waals surface area contributed by atoms with E-state index in [-0.39, 0.29) is 6.54 Å². The van der Waals surface area contributed by atoms with E-state index < -0.39 is 6.10 Å². The van der Waals surface area contributed by atoms with E-state index in [0.29, 0.717) is 5.69 Å². The number of hydrogen-bond donors (Lipinski definition) is 2. The normalized spacial score (nSPS) is 19.4. The molecule has 1 aliphatic heterocycles. The minimum atomic E-state index is -0.654. The number of pyridine rings is 1. The number of nitrogens with zero attached hydrogens (tertiary/aromatic N) is 2. The molecule has 1 saturated heterocycles. The van der Waals surface area contributed by atoms with Gasteiger partial charge >= 0.3 is 0 Å². The quantitative estimate of drug-likeness (QED) is 0.829. The third-order valence-electron chi connectivity index (χ3n) is 3.43. The van der Waals surface area contributed by atoms with Crippen molar-refractivity contribution in [1.29, 1.82) is 0 Å². The Hall–Kier alpha value is -1.13. The first-order valence-corrected chi connectivity index (χ1v) is 6.30. The van der Waals surface area contributed by atoms with Crippen molar-refractivity contribution in [3.8, 4) is 0 Å². The summed E-state index contributed by atoms with van der Waals surface area (Å²) in [5.74, 6) is 1.77. The highest BCUT2D eigenvalue weighted by Gasteiger charge is 2.17. The highest BCUT2D eigenvalue weighted by Crippen LogP contribution is 2.22. The Labute approximate surface area is 102 Å². The van der Waals surface area contributed by atoms with E-state index in [0.717, 1.165) is 24.8 Å². The molecule has 0 bridgehead atoms. The first kappa shape index (κ1) is 12.3. The molecule has 0 saturated carbocycles. The smallest absolute Gasteiger partial charge is 0.128 e. The van der Waals surface area contributed by atoms with Crippen LogP contribution in [0.3, 0.4) is 0 Å². The third-order valence-corrected chi connectivity index (χ3v) is 3.43. The molecule has 1 aliphatic rings. The molecule has 2 rings (SSSR count). The van der Waals surface area contributed by atoms with Crippen molar-refractivity contribution in [3.05, 3.63) is 23.9 Å². The maximum Gasteiger partial charge on any atom is 0.128 e. The number of aliphatic hydroxyl groups excluding tert-OH is 1. The van der Waals surface area contributed by atoms with Crippen LogP contribution in [0.15, 0.2) is 18.2 Å². The fourth-order valence-corrected chi connectivity index (χ4v) is 2.16. The molecule has 1 unspecified atom stereocenters. The Morgan fingerprint density at radius 3 is 2.82 bits per heavy atom. The molecule has 1 atom stereocenters. The van der Waals surface area contributed by atoms with Crippen LogP contribution in [0.25, 0.3) is 0 Å². The van der Waals surface area contributed by atoms with E-state index in [2.05, 4.69) is 16.8 Å². The molecular formula is C13H21N3O. The Balaban J connectivity index is 2.10. The van der Waals surface area contributed by atoms with Crippen LogP contribution in [-0.2, 0) is 0 Å². The molecule has 0 spiro atoms. The summed E-state index contributed by atoms with van der Waals surface area (Å²) in [6, 6.07) is 5.77. The first-order chi connectivity index (χ1) is 8.20. The summed E-state index contributed by atoms with van der Waals surface area (Å²) < 4.78 is 0. The van der Waals surface area contributed by atoms with Gasteiger partial charge in [-0.15, -0.1) is 0 Å². The lowest BCUT2D eigenvalue weighted by Crippen LogP contribution is -2.33. The third kappa shape index (κ3) is 2.96. The maximum absolute atomic E-state index is 9.69. The first-order valence-electron chi connectivity index (χ1n) is 6.30. The van der Waals surface area contributed by atoms with Gasteiger partial charge < -0.3 is 15.7 Å². The van der Waals surface area contributed by atoms with E-state index in [1.807, 2.05) is 18.2 Å². The van der Waals surface area contributed by atoms with Crippen LogP contribution in [0, 0.1) is 5.92 Å². The van der Waals surface area contributed by atoms with Crippen LogP contribution < -0.4 is 10.6 Å². The summed E-state index contributed by atoms with van der Waals surface area (Å²) in [4.78, 5) is 6.77. The van der Waals surface area contributed by atoms with Gasteiger partial charge in [0.05, 0.1) is 5.69 Å². The summed E-state index contributed by atoms with van der Waals surface area (Å²) in [7, 11) is 0. The number of rotatable bonds is 3. The molecule has 1 aromatic rings. The number of aliphatic hydroxyl groups is 1. The zero-order valence-corrected chi connectivity index (χ0v) is 10.3. The summed E-state index contributed by atoms with van der Waals surface area (Å²) in [6.07, 6.45) is 1.77. The monoisotopic (exact) mass is 235 g/mol. The van der Waals surface area contributed by atoms with Crippen LogP contribution in [0.2, 0.25) is 0 Å². The van der Waals surface area contributed by atoms with E-state index in [1.54, 1.807) is 0 Å². The van der Waals surface area contributed by atoms with Gasteiger partial charge in [0.25, 0.3) is 0 Å². The van der Waals surface area contributed by atoms with E-state index in [1.165, 1.54) is 12.8 Å². The molecule has 0 aromatic carbocycles. The van der Waals surface area contributed by atoms with Gasteiger partial charge in [-0.05, 0) is 30.9 Å². The molecule has 0 amide bonds. The molecule has 3 N–H and O–H groups in total. The van der Waals surface area contributed by atoms with Crippen molar-refractivity contribution in [2.75, 3.05) is 24.5 Å². The summed E-state index contributed by atoms with van der Waals surface area (Å²) in [5.41, 5.74) is 6.12. The average Bonchev–Trinajstić information content (AvgIpc) is 2.39. The average molecular weight is 235 g/mol. The molecule has 17 heavy (non-hydrogen) atoms. The lowest BCUT2D eigenvalue weighted by molar-refractivity contribution is 0.182. The summed E-state index contributed by atoms with van der Waals surface area (Å²) in [6.45, 7) is 4.61. The van der Waals surface area contributed by atoms with Crippen LogP contribution in [0.4, 0.5) is 5.82 Å². The van der Waals surface area contributed by atoms with Crippen molar-refractivity contribution >= 4 is 5.82 Å². The van der Waals surface area contributed by atoms with Crippen LogP contribution >= 0.6 is 0 Å². The van der Waals surface area contributed by atoms with Gasteiger partial charge in [0.2, 0.25) is 0 Å². The molecule has 0 aliphatic carbocycles. The van der Waals surface area contributed by atoms with Crippen molar-refractivity contribution in [2.45, 2.75) is 25.9 Å². The predicted molar refractivity (Wildman–Crippen MR) is 68.9 cm³/mol. The molecule has 4 nitrogen and oxygen atoms in total. The largest absolute Gasteiger partial charge is 0.385 e. The Bertz CT molecular complexity index is 361. The SMILES string of the molecule is CC1CCN(c2cccc(C(O)CN)n2)CC1. The minimum Gasteiger partial charge on any atom is -0.385 e. The van der Waals surface area contributed by atoms with Crippen molar-refractivity contribution in [1.82, 2.24) is 4.98 Å². The van der Waals surface area contributed by atoms with Crippen LogP contribution in [-0.4, -0.2) is 29.7 Å².